The Bertz CT molecular complexity index is 656. The zero-order chi connectivity index (χ0) is 16.7. The topological polar surface area (TPSA) is 86.7 Å². The van der Waals surface area contributed by atoms with Crippen LogP contribution in [0.15, 0.2) is 18.2 Å². The van der Waals surface area contributed by atoms with Gasteiger partial charge in [0, 0.05) is 0 Å². The number of nitrogens with one attached hydrogen (secondary N) is 1. The molecular formula is C16H20N2O4. The molecule has 1 aliphatic heterocycles. The number of imide groups is 1. The first-order chi connectivity index (χ1) is 10.2. The molecule has 2 unspecified atom stereocenters. The Labute approximate surface area is 129 Å². The van der Waals surface area contributed by atoms with Gasteiger partial charge in [-0.05, 0) is 43.9 Å². The highest BCUT2D eigenvalue weighted by Crippen LogP contribution is 2.34. The molecule has 1 heterocycles. The number of nitrogens with zero attached hydrogens (tertiary/aromatic N) is 1. The Morgan fingerprint density at radius 3 is 2.45 bits per heavy atom. The molecule has 6 heteroatoms. The van der Waals surface area contributed by atoms with Crippen LogP contribution in [0.25, 0.3) is 0 Å². The van der Waals surface area contributed by atoms with Gasteiger partial charge in [0.2, 0.25) is 0 Å². The fourth-order valence-electron chi connectivity index (χ4n) is 2.70. The average molecular weight is 304 g/mol. The van der Waals surface area contributed by atoms with E-state index >= 15 is 0 Å². The van der Waals surface area contributed by atoms with Crippen LogP contribution in [0.2, 0.25) is 0 Å². The molecule has 0 bridgehead atoms. The van der Waals surface area contributed by atoms with Gasteiger partial charge in [0.05, 0.1) is 0 Å². The number of carboxylic acid groups (broad SMARTS) is 1. The van der Waals surface area contributed by atoms with Crippen molar-refractivity contribution < 1.29 is 19.5 Å². The van der Waals surface area contributed by atoms with Crippen molar-refractivity contribution in [3.8, 4) is 0 Å². The molecule has 0 spiro atoms. The first-order valence-electron chi connectivity index (χ1n) is 7.21. The summed E-state index contributed by atoms with van der Waals surface area (Å²) in [5.41, 5.74) is 1.58. The first kappa shape index (κ1) is 16.0. The van der Waals surface area contributed by atoms with Gasteiger partial charge in [-0.1, -0.05) is 25.1 Å². The van der Waals surface area contributed by atoms with E-state index in [-0.39, 0.29) is 0 Å². The van der Waals surface area contributed by atoms with Gasteiger partial charge >= 0.3 is 12.0 Å². The van der Waals surface area contributed by atoms with Crippen molar-refractivity contribution in [3.63, 3.8) is 0 Å². The second-order valence-electron chi connectivity index (χ2n) is 5.68. The minimum atomic E-state index is -1.21. The normalized spacial score (nSPS) is 22.6. The second kappa shape index (κ2) is 5.44. The fourth-order valence-corrected chi connectivity index (χ4v) is 2.70. The first-order valence-corrected chi connectivity index (χ1v) is 7.21. The summed E-state index contributed by atoms with van der Waals surface area (Å²) in [7, 11) is 0. The van der Waals surface area contributed by atoms with E-state index in [1.165, 1.54) is 6.92 Å². The number of aliphatic carboxylic acids is 1. The van der Waals surface area contributed by atoms with Gasteiger partial charge in [-0.15, -0.1) is 0 Å². The van der Waals surface area contributed by atoms with Crippen molar-refractivity contribution in [1.82, 2.24) is 10.2 Å². The third-order valence-electron chi connectivity index (χ3n) is 4.40. The number of urea groups is 1. The lowest BCUT2D eigenvalue weighted by Crippen LogP contribution is -2.46. The summed E-state index contributed by atoms with van der Waals surface area (Å²) >= 11 is 0. The molecule has 3 amide bonds. The highest BCUT2D eigenvalue weighted by molar-refractivity contribution is 6.09. The Hall–Kier alpha value is -2.37. The van der Waals surface area contributed by atoms with Gasteiger partial charge in [0.1, 0.15) is 11.6 Å². The standard InChI is InChI=1S/C16H20N2O4/c1-5-16(12-7-6-9(2)10(3)8-12)14(21)18(15(22)17-16)11(4)13(19)20/h6-8,11H,5H2,1-4H3,(H,17,22)(H,19,20). The summed E-state index contributed by atoms with van der Waals surface area (Å²) in [6.45, 7) is 7.01. The van der Waals surface area contributed by atoms with Crippen LogP contribution in [-0.2, 0) is 15.1 Å². The number of hydrogen-bond acceptors (Lipinski definition) is 3. The Morgan fingerprint density at radius 2 is 1.95 bits per heavy atom. The molecule has 22 heavy (non-hydrogen) atoms. The zero-order valence-electron chi connectivity index (χ0n) is 13.1. The van der Waals surface area contributed by atoms with Crippen LogP contribution in [-0.4, -0.2) is 34.0 Å². The van der Waals surface area contributed by atoms with Gasteiger partial charge in [0.25, 0.3) is 5.91 Å². The summed E-state index contributed by atoms with van der Waals surface area (Å²) in [6.07, 6.45) is 0.350. The summed E-state index contributed by atoms with van der Waals surface area (Å²) in [6, 6.07) is 3.70. The number of amides is 3. The van der Waals surface area contributed by atoms with Crippen LogP contribution < -0.4 is 5.32 Å². The number of hydrogen-bond donors (Lipinski definition) is 2. The molecule has 1 saturated heterocycles. The molecule has 2 atom stereocenters. The van der Waals surface area contributed by atoms with E-state index < -0.39 is 29.5 Å². The van der Waals surface area contributed by atoms with Crippen molar-refractivity contribution in [2.75, 3.05) is 0 Å². The molecule has 6 nitrogen and oxygen atoms in total. The van der Waals surface area contributed by atoms with Crippen molar-refractivity contribution in [1.29, 1.82) is 0 Å². The molecule has 2 N–H and O–H groups in total. The SMILES string of the molecule is CCC1(c2ccc(C)c(C)c2)NC(=O)N(C(C)C(=O)O)C1=O. The van der Waals surface area contributed by atoms with Gasteiger partial charge in [-0.2, -0.15) is 0 Å². The van der Waals surface area contributed by atoms with E-state index in [0.717, 1.165) is 16.0 Å². The van der Waals surface area contributed by atoms with Gasteiger partial charge in [-0.25, -0.2) is 14.5 Å². The molecule has 1 aromatic carbocycles. The van der Waals surface area contributed by atoms with Crippen molar-refractivity contribution in [2.45, 2.75) is 45.7 Å². The Balaban J connectivity index is 2.51. The van der Waals surface area contributed by atoms with E-state index in [9.17, 15) is 14.4 Å². The van der Waals surface area contributed by atoms with Crippen LogP contribution in [0.5, 0.6) is 0 Å². The molecule has 0 aromatic heterocycles. The van der Waals surface area contributed by atoms with Gasteiger partial charge < -0.3 is 10.4 Å². The molecule has 2 rings (SSSR count). The number of aryl methyl sites for hydroxylation is 2. The Morgan fingerprint density at radius 1 is 1.32 bits per heavy atom. The summed E-state index contributed by atoms with van der Waals surface area (Å²) in [5, 5.41) is 11.8. The predicted octanol–water partition coefficient (Wildman–Crippen LogP) is 1.93. The maximum Gasteiger partial charge on any atom is 0.326 e. The zero-order valence-corrected chi connectivity index (χ0v) is 13.1. The molecule has 0 aliphatic carbocycles. The van der Waals surface area contributed by atoms with Crippen LogP contribution in [0, 0.1) is 13.8 Å². The van der Waals surface area contributed by atoms with E-state index in [1.54, 1.807) is 13.0 Å². The highest BCUT2D eigenvalue weighted by Gasteiger charge is 2.53. The Kier molecular flexibility index (Phi) is 3.96. The predicted molar refractivity (Wildman–Crippen MR) is 80.4 cm³/mol. The van der Waals surface area contributed by atoms with Gasteiger partial charge in [-0.3, -0.25) is 4.79 Å². The minimum Gasteiger partial charge on any atom is -0.480 e. The number of carbonyl (C=O) groups is 3. The summed E-state index contributed by atoms with van der Waals surface area (Å²) < 4.78 is 0. The third-order valence-corrected chi connectivity index (χ3v) is 4.40. The number of carbonyl (C=O) groups excluding carboxylic acids is 2. The van der Waals surface area contributed by atoms with E-state index in [2.05, 4.69) is 5.32 Å². The molecule has 0 saturated carbocycles. The van der Waals surface area contributed by atoms with E-state index in [4.69, 9.17) is 5.11 Å². The molecule has 1 aromatic rings. The van der Waals surface area contributed by atoms with Crippen molar-refractivity contribution in [3.05, 3.63) is 34.9 Å². The number of benzene rings is 1. The summed E-state index contributed by atoms with van der Waals surface area (Å²) in [5.74, 6) is -1.73. The van der Waals surface area contributed by atoms with Crippen LogP contribution in [0.4, 0.5) is 4.79 Å². The largest absolute Gasteiger partial charge is 0.480 e. The van der Waals surface area contributed by atoms with E-state index in [1.807, 2.05) is 26.0 Å². The monoisotopic (exact) mass is 304 g/mol. The van der Waals surface area contributed by atoms with E-state index in [0.29, 0.717) is 12.0 Å². The maximum absolute atomic E-state index is 12.8. The fraction of sp³-hybridized carbons (Fsp3) is 0.438. The second-order valence-corrected chi connectivity index (χ2v) is 5.68. The third kappa shape index (κ3) is 2.24. The minimum absolute atomic E-state index is 0.350. The molecule has 118 valence electrons. The van der Waals surface area contributed by atoms with Crippen LogP contribution >= 0.6 is 0 Å². The molecule has 0 radical (unpaired) electrons. The number of rotatable bonds is 4. The maximum atomic E-state index is 12.8. The lowest BCUT2D eigenvalue weighted by atomic mass is 9.85. The van der Waals surface area contributed by atoms with Crippen molar-refractivity contribution in [2.24, 2.45) is 0 Å². The number of carboxylic acids is 1. The molecule has 1 fully saturated rings. The smallest absolute Gasteiger partial charge is 0.326 e. The average Bonchev–Trinajstić information content (AvgIpc) is 2.72. The van der Waals surface area contributed by atoms with Gasteiger partial charge in [0.15, 0.2) is 0 Å². The highest BCUT2D eigenvalue weighted by atomic mass is 16.4. The summed E-state index contributed by atoms with van der Waals surface area (Å²) in [4.78, 5) is 36.9. The van der Waals surface area contributed by atoms with Crippen molar-refractivity contribution >= 4 is 17.9 Å². The van der Waals surface area contributed by atoms with Crippen LogP contribution in [0.3, 0.4) is 0 Å². The lowest BCUT2D eigenvalue weighted by Gasteiger charge is -2.27. The lowest BCUT2D eigenvalue weighted by molar-refractivity contribution is -0.147. The molecule has 1 aliphatic rings. The quantitative estimate of drug-likeness (QED) is 0.832. The van der Waals surface area contributed by atoms with Crippen LogP contribution in [0.1, 0.15) is 37.0 Å². The molecular weight excluding hydrogens is 284 g/mol.